The van der Waals surface area contributed by atoms with Crippen molar-refractivity contribution < 1.29 is 9.32 Å². The molecule has 1 aromatic carbocycles. The van der Waals surface area contributed by atoms with Crippen molar-refractivity contribution in [3.8, 4) is 11.3 Å². The number of rotatable bonds is 4. The Labute approximate surface area is 147 Å². The summed E-state index contributed by atoms with van der Waals surface area (Å²) in [5, 5.41) is 8.49. The molecule has 3 aromatic rings. The number of aryl methyl sites for hydroxylation is 1. The molecular weight excluding hydrogens is 346 g/mol. The molecule has 24 heavy (non-hydrogen) atoms. The van der Waals surface area contributed by atoms with Crippen LogP contribution in [0.4, 0.5) is 5.00 Å². The van der Waals surface area contributed by atoms with Gasteiger partial charge in [0.15, 0.2) is 5.76 Å². The number of aromatic nitrogens is 2. The van der Waals surface area contributed by atoms with Crippen molar-refractivity contribution in [2.45, 2.75) is 25.2 Å². The predicted octanol–water partition coefficient (Wildman–Crippen LogP) is 4.43. The highest BCUT2D eigenvalue weighted by Crippen LogP contribution is 2.49. The SMILES string of the molecule is Cc1cc(NC(=O)C2(c3cc(-c4ccc(Cl)cc4)on3)CC2)sn1. The van der Waals surface area contributed by atoms with Gasteiger partial charge in [-0.2, -0.15) is 4.37 Å². The van der Waals surface area contributed by atoms with Gasteiger partial charge >= 0.3 is 0 Å². The minimum Gasteiger partial charge on any atom is -0.356 e. The molecule has 1 saturated carbocycles. The molecule has 2 heterocycles. The maximum Gasteiger partial charge on any atom is 0.237 e. The van der Waals surface area contributed by atoms with Crippen LogP contribution in [0.1, 0.15) is 24.2 Å². The maximum absolute atomic E-state index is 12.7. The fourth-order valence-corrected chi connectivity index (χ4v) is 3.41. The molecule has 2 aromatic heterocycles. The molecule has 1 N–H and O–H groups in total. The van der Waals surface area contributed by atoms with E-state index in [0.717, 1.165) is 29.1 Å². The van der Waals surface area contributed by atoms with Crippen molar-refractivity contribution in [2.75, 3.05) is 5.32 Å². The lowest BCUT2D eigenvalue weighted by Gasteiger charge is -2.10. The lowest BCUT2D eigenvalue weighted by Crippen LogP contribution is -2.27. The molecule has 0 unspecified atom stereocenters. The van der Waals surface area contributed by atoms with Crippen LogP contribution in [-0.2, 0) is 10.2 Å². The van der Waals surface area contributed by atoms with Crippen LogP contribution >= 0.6 is 23.1 Å². The second kappa shape index (κ2) is 5.72. The molecule has 1 fully saturated rings. The Bertz CT molecular complexity index is 897. The van der Waals surface area contributed by atoms with Gasteiger partial charge in [-0.1, -0.05) is 16.8 Å². The molecule has 0 saturated heterocycles. The summed E-state index contributed by atoms with van der Waals surface area (Å²) in [5.74, 6) is 0.580. The van der Waals surface area contributed by atoms with Crippen molar-refractivity contribution in [3.05, 3.63) is 52.8 Å². The summed E-state index contributed by atoms with van der Waals surface area (Å²) in [6, 6.07) is 11.0. The van der Waals surface area contributed by atoms with Crippen LogP contribution in [0.15, 0.2) is 40.9 Å². The van der Waals surface area contributed by atoms with Crippen LogP contribution in [0.3, 0.4) is 0 Å². The monoisotopic (exact) mass is 359 g/mol. The zero-order valence-corrected chi connectivity index (χ0v) is 14.4. The first-order valence-electron chi connectivity index (χ1n) is 7.55. The van der Waals surface area contributed by atoms with E-state index in [4.69, 9.17) is 16.1 Å². The molecular formula is C17H14ClN3O2S. The molecule has 1 aliphatic rings. The molecule has 122 valence electrons. The van der Waals surface area contributed by atoms with Crippen LogP contribution in [0.5, 0.6) is 0 Å². The zero-order chi connectivity index (χ0) is 16.7. The van der Waals surface area contributed by atoms with Crippen molar-refractivity contribution in [2.24, 2.45) is 0 Å². The Morgan fingerprint density at radius 2 is 2.04 bits per heavy atom. The van der Waals surface area contributed by atoms with Gasteiger partial charge in [-0.3, -0.25) is 4.79 Å². The minimum absolute atomic E-state index is 0.0536. The summed E-state index contributed by atoms with van der Waals surface area (Å²) in [4.78, 5) is 12.7. The molecule has 5 nitrogen and oxygen atoms in total. The van der Waals surface area contributed by atoms with E-state index in [1.807, 2.05) is 31.2 Å². The fraction of sp³-hybridized carbons (Fsp3) is 0.235. The van der Waals surface area contributed by atoms with Gasteiger partial charge in [-0.25, -0.2) is 0 Å². The molecule has 0 atom stereocenters. The first-order valence-corrected chi connectivity index (χ1v) is 8.70. The average Bonchev–Trinajstić information content (AvgIpc) is 3.05. The highest BCUT2D eigenvalue weighted by molar-refractivity contribution is 7.10. The fourth-order valence-electron chi connectivity index (χ4n) is 2.63. The Hall–Kier alpha value is -2.18. The minimum atomic E-state index is -0.591. The summed E-state index contributed by atoms with van der Waals surface area (Å²) in [7, 11) is 0. The van der Waals surface area contributed by atoms with Gasteiger partial charge in [-0.15, -0.1) is 0 Å². The Morgan fingerprint density at radius 3 is 2.67 bits per heavy atom. The Morgan fingerprint density at radius 1 is 1.29 bits per heavy atom. The van der Waals surface area contributed by atoms with E-state index in [-0.39, 0.29) is 5.91 Å². The van der Waals surface area contributed by atoms with E-state index in [1.54, 1.807) is 12.1 Å². The molecule has 1 aliphatic carbocycles. The third-order valence-corrected chi connectivity index (χ3v) is 5.23. The lowest BCUT2D eigenvalue weighted by molar-refractivity contribution is -0.118. The van der Waals surface area contributed by atoms with Gasteiger partial charge in [-0.05, 0) is 61.6 Å². The number of carbonyl (C=O) groups excluding carboxylic acids is 1. The number of anilines is 1. The second-order valence-corrected chi connectivity index (χ2v) is 7.19. The number of amides is 1. The van der Waals surface area contributed by atoms with Crippen molar-refractivity contribution in [1.29, 1.82) is 0 Å². The normalized spacial score (nSPS) is 15.2. The van der Waals surface area contributed by atoms with Gasteiger partial charge in [0.1, 0.15) is 5.00 Å². The number of hydrogen-bond donors (Lipinski definition) is 1. The van der Waals surface area contributed by atoms with E-state index in [1.165, 1.54) is 11.5 Å². The first kappa shape index (κ1) is 15.4. The molecule has 0 spiro atoms. The number of halogens is 1. The number of nitrogens with one attached hydrogen (secondary N) is 1. The van der Waals surface area contributed by atoms with Gasteiger partial charge in [0.2, 0.25) is 5.91 Å². The van der Waals surface area contributed by atoms with Crippen LogP contribution in [0.2, 0.25) is 5.02 Å². The van der Waals surface area contributed by atoms with Gasteiger partial charge in [0, 0.05) is 16.7 Å². The molecule has 1 amide bonds. The zero-order valence-electron chi connectivity index (χ0n) is 12.9. The molecule has 0 aliphatic heterocycles. The molecule has 0 bridgehead atoms. The third kappa shape index (κ3) is 2.72. The van der Waals surface area contributed by atoms with E-state index in [0.29, 0.717) is 16.5 Å². The maximum atomic E-state index is 12.7. The number of nitrogens with zero attached hydrogens (tertiary/aromatic N) is 2. The van der Waals surface area contributed by atoms with E-state index < -0.39 is 5.41 Å². The summed E-state index contributed by atoms with van der Waals surface area (Å²) in [5.41, 5.74) is 1.86. The largest absolute Gasteiger partial charge is 0.356 e. The van der Waals surface area contributed by atoms with Crippen molar-refractivity contribution in [1.82, 2.24) is 9.53 Å². The van der Waals surface area contributed by atoms with Gasteiger partial charge in [0.05, 0.1) is 16.8 Å². The Kier molecular flexibility index (Phi) is 3.66. The van der Waals surface area contributed by atoms with Crippen LogP contribution in [0, 0.1) is 6.92 Å². The average molecular weight is 360 g/mol. The topological polar surface area (TPSA) is 68.0 Å². The lowest BCUT2D eigenvalue weighted by atomic mass is 10.0. The number of carbonyl (C=O) groups is 1. The quantitative estimate of drug-likeness (QED) is 0.748. The van der Waals surface area contributed by atoms with Gasteiger partial charge in [0.25, 0.3) is 0 Å². The van der Waals surface area contributed by atoms with Crippen LogP contribution < -0.4 is 5.32 Å². The standard InChI is InChI=1S/C17H14ClN3O2S/c1-10-8-15(24-21-10)19-16(22)17(6-7-17)14-9-13(23-20-14)11-2-4-12(18)5-3-11/h2-5,8-9H,6-7H2,1H3,(H,19,22). The third-order valence-electron chi connectivity index (χ3n) is 4.18. The molecule has 7 heteroatoms. The van der Waals surface area contributed by atoms with Gasteiger partial charge < -0.3 is 9.84 Å². The van der Waals surface area contributed by atoms with Crippen molar-refractivity contribution >= 4 is 34.0 Å². The van der Waals surface area contributed by atoms with E-state index >= 15 is 0 Å². The van der Waals surface area contributed by atoms with Crippen LogP contribution in [-0.4, -0.2) is 15.4 Å². The molecule has 0 radical (unpaired) electrons. The summed E-state index contributed by atoms with van der Waals surface area (Å²) < 4.78 is 9.62. The highest BCUT2D eigenvalue weighted by atomic mass is 35.5. The van der Waals surface area contributed by atoms with E-state index in [2.05, 4.69) is 14.8 Å². The first-order chi connectivity index (χ1) is 11.6. The summed E-state index contributed by atoms with van der Waals surface area (Å²) in [6.45, 7) is 1.90. The number of hydrogen-bond acceptors (Lipinski definition) is 5. The summed E-state index contributed by atoms with van der Waals surface area (Å²) >= 11 is 7.19. The second-order valence-electron chi connectivity index (χ2n) is 5.95. The summed E-state index contributed by atoms with van der Waals surface area (Å²) in [6.07, 6.45) is 1.53. The molecule has 4 rings (SSSR count). The number of benzene rings is 1. The van der Waals surface area contributed by atoms with E-state index in [9.17, 15) is 4.79 Å². The predicted molar refractivity (Wildman–Crippen MR) is 93.3 cm³/mol. The smallest absolute Gasteiger partial charge is 0.237 e. The van der Waals surface area contributed by atoms with Crippen LogP contribution in [0.25, 0.3) is 11.3 Å². The van der Waals surface area contributed by atoms with Crippen molar-refractivity contribution in [3.63, 3.8) is 0 Å². The Balaban J connectivity index is 1.57. The highest BCUT2D eigenvalue weighted by Gasteiger charge is 2.54.